The zero-order chi connectivity index (χ0) is 9.78. The molecular formula is C6H17N3O2S. The van der Waals surface area contributed by atoms with Crippen LogP contribution in [0.3, 0.4) is 0 Å². The van der Waals surface area contributed by atoms with E-state index in [1.807, 2.05) is 25.8 Å². The molecule has 3 N–H and O–H groups in total. The van der Waals surface area contributed by atoms with Gasteiger partial charge in [-0.3, -0.25) is 0 Å². The Balaban J connectivity index is 3.58. The van der Waals surface area contributed by atoms with Gasteiger partial charge in [-0.1, -0.05) is 0 Å². The highest BCUT2D eigenvalue weighted by Gasteiger charge is 2.04. The van der Waals surface area contributed by atoms with E-state index in [1.165, 1.54) is 0 Å². The molecule has 0 saturated carbocycles. The minimum absolute atomic E-state index is 0.355. The molecule has 5 nitrogen and oxygen atoms in total. The summed E-state index contributed by atoms with van der Waals surface area (Å²) in [6.45, 7) is 5.09. The highest BCUT2D eigenvalue weighted by Crippen LogP contribution is 1.90. The maximum absolute atomic E-state index is 10.4. The van der Waals surface area contributed by atoms with Crippen molar-refractivity contribution in [2.45, 2.75) is 19.9 Å². The summed E-state index contributed by atoms with van der Waals surface area (Å²) in [5.74, 6) is 0. The van der Waals surface area contributed by atoms with Gasteiger partial charge in [0, 0.05) is 19.1 Å². The van der Waals surface area contributed by atoms with Gasteiger partial charge in [-0.15, -0.1) is 0 Å². The van der Waals surface area contributed by atoms with Crippen LogP contribution in [0.15, 0.2) is 0 Å². The summed E-state index contributed by atoms with van der Waals surface area (Å²) in [7, 11) is -1.60. The third-order valence-corrected chi connectivity index (χ3v) is 2.26. The number of likely N-dealkylation sites (N-methyl/N-ethyl adjacent to an activating group) is 1. The summed E-state index contributed by atoms with van der Waals surface area (Å²) >= 11 is 0. The first kappa shape index (κ1) is 11.8. The van der Waals surface area contributed by atoms with Crippen LogP contribution in [0.2, 0.25) is 0 Å². The third kappa shape index (κ3) is 6.53. The lowest BCUT2D eigenvalue weighted by atomic mass is 10.3. The van der Waals surface area contributed by atoms with Crippen LogP contribution in [0, 0.1) is 0 Å². The second-order valence-electron chi connectivity index (χ2n) is 3.01. The van der Waals surface area contributed by atoms with Gasteiger partial charge in [-0.25, -0.2) is 9.86 Å². The molecule has 0 spiro atoms. The fourth-order valence-electron chi connectivity index (χ4n) is 0.622. The molecule has 0 aromatic rings. The van der Waals surface area contributed by atoms with Gasteiger partial charge >= 0.3 is 0 Å². The number of nitrogens with one attached hydrogen (secondary N) is 1. The van der Waals surface area contributed by atoms with Crippen molar-refractivity contribution in [3.8, 4) is 0 Å². The molecule has 0 rings (SSSR count). The minimum Gasteiger partial charge on any atom is -0.303 e. The van der Waals surface area contributed by atoms with E-state index < -0.39 is 10.2 Å². The van der Waals surface area contributed by atoms with E-state index in [4.69, 9.17) is 5.14 Å². The molecule has 0 aliphatic carbocycles. The van der Waals surface area contributed by atoms with Gasteiger partial charge in [0.15, 0.2) is 0 Å². The minimum atomic E-state index is -3.52. The molecule has 0 aromatic heterocycles. The molecule has 74 valence electrons. The fourth-order valence-corrected chi connectivity index (χ4v) is 0.998. The standard InChI is InChI=1S/C6H17N3O2S/c1-6(2)9(3)5-4-8-12(7,10)11/h6,8H,4-5H2,1-3H3,(H2,7,10,11). The first-order valence-electron chi connectivity index (χ1n) is 3.80. The van der Waals surface area contributed by atoms with Crippen LogP contribution >= 0.6 is 0 Å². The molecule has 0 aromatic carbocycles. The van der Waals surface area contributed by atoms with E-state index in [-0.39, 0.29) is 0 Å². The maximum Gasteiger partial charge on any atom is 0.274 e. The molecule has 12 heavy (non-hydrogen) atoms. The average molecular weight is 195 g/mol. The summed E-state index contributed by atoms with van der Waals surface area (Å²) in [4.78, 5) is 2.03. The summed E-state index contributed by atoms with van der Waals surface area (Å²) < 4.78 is 23.1. The Bertz CT molecular complexity index is 213. The molecule has 0 atom stereocenters. The Labute approximate surface area is 74.1 Å². The number of hydrogen-bond donors (Lipinski definition) is 2. The average Bonchev–Trinajstić information content (AvgIpc) is 1.84. The lowest BCUT2D eigenvalue weighted by Gasteiger charge is -2.20. The van der Waals surface area contributed by atoms with E-state index in [2.05, 4.69) is 4.72 Å². The van der Waals surface area contributed by atoms with Crippen molar-refractivity contribution in [2.24, 2.45) is 5.14 Å². The van der Waals surface area contributed by atoms with Gasteiger partial charge in [0.25, 0.3) is 10.2 Å². The van der Waals surface area contributed by atoms with Gasteiger partial charge in [-0.2, -0.15) is 8.42 Å². The van der Waals surface area contributed by atoms with Crippen molar-refractivity contribution in [3.63, 3.8) is 0 Å². The maximum atomic E-state index is 10.4. The quantitative estimate of drug-likeness (QED) is 0.598. The van der Waals surface area contributed by atoms with Gasteiger partial charge in [0.1, 0.15) is 0 Å². The van der Waals surface area contributed by atoms with Crippen molar-refractivity contribution in [1.29, 1.82) is 0 Å². The third-order valence-electron chi connectivity index (χ3n) is 1.65. The van der Waals surface area contributed by atoms with Gasteiger partial charge in [0.2, 0.25) is 0 Å². The number of nitrogens with zero attached hydrogens (tertiary/aromatic N) is 1. The van der Waals surface area contributed by atoms with Crippen molar-refractivity contribution >= 4 is 10.2 Å². The lowest BCUT2D eigenvalue weighted by molar-refractivity contribution is 0.278. The van der Waals surface area contributed by atoms with Crippen molar-refractivity contribution in [3.05, 3.63) is 0 Å². The lowest BCUT2D eigenvalue weighted by Crippen LogP contribution is -2.38. The van der Waals surface area contributed by atoms with E-state index in [9.17, 15) is 8.42 Å². The zero-order valence-corrected chi connectivity index (χ0v) is 8.56. The largest absolute Gasteiger partial charge is 0.303 e. The normalized spacial score (nSPS) is 12.8. The van der Waals surface area contributed by atoms with Gasteiger partial charge in [-0.05, 0) is 20.9 Å². The smallest absolute Gasteiger partial charge is 0.274 e. The van der Waals surface area contributed by atoms with Crippen molar-refractivity contribution in [1.82, 2.24) is 9.62 Å². The molecule has 6 heteroatoms. The number of nitrogens with two attached hydrogens (primary N) is 1. The Hall–Kier alpha value is -0.170. The second kappa shape index (κ2) is 4.76. The Kier molecular flexibility index (Phi) is 4.69. The number of hydrogen-bond acceptors (Lipinski definition) is 3. The Morgan fingerprint density at radius 3 is 2.33 bits per heavy atom. The van der Waals surface area contributed by atoms with Crippen LogP contribution in [0.25, 0.3) is 0 Å². The molecule has 0 heterocycles. The number of rotatable bonds is 5. The molecule has 0 aliphatic heterocycles. The van der Waals surface area contributed by atoms with Crippen LogP contribution in [-0.4, -0.2) is 39.5 Å². The molecule has 0 aliphatic rings. The van der Waals surface area contributed by atoms with E-state index in [0.717, 1.165) is 0 Å². The SMILES string of the molecule is CC(C)N(C)CCNS(N)(=O)=O. The molecular weight excluding hydrogens is 178 g/mol. The molecule has 0 amide bonds. The van der Waals surface area contributed by atoms with Crippen LogP contribution < -0.4 is 9.86 Å². The Morgan fingerprint density at radius 1 is 1.50 bits per heavy atom. The first-order valence-corrected chi connectivity index (χ1v) is 5.35. The van der Waals surface area contributed by atoms with Crippen LogP contribution in [0.1, 0.15) is 13.8 Å². The molecule has 0 radical (unpaired) electrons. The van der Waals surface area contributed by atoms with Crippen LogP contribution in [0.4, 0.5) is 0 Å². The highest BCUT2D eigenvalue weighted by atomic mass is 32.2. The van der Waals surface area contributed by atoms with Gasteiger partial charge in [0.05, 0.1) is 0 Å². The fraction of sp³-hybridized carbons (Fsp3) is 1.00. The predicted molar refractivity (Wildman–Crippen MR) is 48.9 cm³/mol. The van der Waals surface area contributed by atoms with E-state index >= 15 is 0 Å². The summed E-state index contributed by atoms with van der Waals surface area (Å²) in [6.07, 6.45) is 0. The topological polar surface area (TPSA) is 75.4 Å². The molecule has 0 bridgehead atoms. The molecule has 0 unspecified atom stereocenters. The predicted octanol–water partition coefficient (Wildman–Crippen LogP) is -0.880. The van der Waals surface area contributed by atoms with Gasteiger partial charge < -0.3 is 4.90 Å². The summed E-state index contributed by atoms with van der Waals surface area (Å²) in [6, 6.07) is 0.410. The molecule has 0 saturated heterocycles. The van der Waals surface area contributed by atoms with Crippen molar-refractivity contribution in [2.75, 3.05) is 20.1 Å². The van der Waals surface area contributed by atoms with Crippen molar-refractivity contribution < 1.29 is 8.42 Å². The van der Waals surface area contributed by atoms with Crippen LogP contribution in [-0.2, 0) is 10.2 Å². The highest BCUT2D eigenvalue weighted by molar-refractivity contribution is 7.87. The summed E-state index contributed by atoms with van der Waals surface area (Å²) in [5.41, 5.74) is 0. The zero-order valence-electron chi connectivity index (χ0n) is 7.74. The van der Waals surface area contributed by atoms with Crippen LogP contribution in [0.5, 0.6) is 0 Å². The Morgan fingerprint density at radius 2 is 2.00 bits per heavy atom. The van der Waals surface area contributed by atoms with E-state index in [0.29, 0.717) is 19.1 Å². The monoisotopic (exact) mass is 195 g/mol. The van der Waals surface area contributed by atoms with E-state index in [1.54, 1.807) is 0 Å². The molecule has 0 fully saturated rings. The summed E-state index contributed by atoms with van der Waals surface area (Å²) in [5, 5.41) is 4.74. The second-order valence-corrected chi connectivity index (χ2v) is 4.39. The first-order chi connectivity index (χ1) is 5.33.